The monoisotopic (exact) mass is 443 g/mol. The van der Waals surface area contributed by atoms with Crippen molar-refractivity contribution in [1.82, 2.24) is 0 Å². The van der Waals surface area contributed by atoms with Crippen LogP contribution in [0.4, 0.5) is 0 Å². The SMILES string of the molecule is CCc1ccc(C[N+]2(C)C3CCC2CC(OC(=O)c2ccccc2)C3)cc1.[Br-]. The molecule has 2 saturated heterocycles. The third-order valence-corrected chi connectivity index (χ3v) is 6.81. The summed E-state index contributed by atoms with van der Waals surface area (Å²) in [6, 6.07) is 19.7. The minimum absolute atomic E-state index is 0. The average Bonchev–Trinajstić information content (AvgIpc) is 2.86. The van der Waals surface area contributed by atoms with Crippen molar-refractivity contribution in [2.45, 2.75) is 63.8 Å². The highest BCUT2D eigenvalue weighted by atomic mass is 79.9. The predicted molar refractivity (Wildman–Crippen MR) is 107 cm³/mol. The van der Waals surface area contributed by atoms with Crippen molar-refractivity contribution in [2.75, 3.05) is 7.05 Å². The summed E-state index contributed by atoms with van der Waals surface area (Å²) in [5.74, 6) is -0.175. The summed E-state index contributed by atoms with van der Waals surface area (Å²) in [7, 11) is 2.41. The average molecular weight is 444 g/mol. The van der Waals surface area contributed by atoms with Crippen molar-refractivity contribution in [3.05, 3.63) is 71.3 Å². The fourth-order valence-electron chi connectivity index (χ4n) is 5.12. The number of piperidine rings is 1. The molecule has 2 fully saturated rings. The van der Waals surface area contributed by atoms with Crippen LogP contribution in [0.15, 0.2) is 54.6 Å². The second kappa shape index (κ2) is 8.79. The molecule has 2 heterocycles. The van der Waals surface area contributed by atoms with Crippen molar-refractivity contribution in [1.29, 1.82) is 0 Å². The molecule has 4 rings (SSSR count). The van der Waals surface area contributed by atoms with Gasteiger partial charge in [0.05, 0.1) is 24.7 Å². The van der Waals surface area contributed by atoms with Crippen LogP contribution in [-0.2, 0) is 17.7 Å². The second-order valence-electron chi connectivity index (χ2n) is 8.42. The van der Waals surface area contributed by atoms with E-state index < -0.39 is 0 Å². The van der Waals surface area contributed by atoms with Crippen LogP contribution in [0.5, 0.6) is 0 Å². The summed E-state index contributed by atoms with van der Waals surface area (Å²) in [4.78, 5) is 12.4. The van der Waals surface area contributed by atoms with Crippen molar-refractivity contribution in [3.63, 3.8) is 0 Å². The van der Waals surface area contributed by atoms with Crippen LogP contribution in [0.1, 0.15) is 54.1 Å². The highest BCUT2D eigenvalue weighted by Gasteiger charge is 2.52. The second-order valence-corrected chi connectivity index (χ2v) is 8.42. The zero-order chi connectivity index (χ0) is 18.9. The molecule has 0 N–H and O–H groups in total. The number of esters is 1. The van der Waals surface area contributed by atoms with Crippen molar-refractivity contribution >= 4 is 5.97 Å². The van der Waals surface area contributed by atoms with E-state index in [1.54, 1.807) is 0 Å². The van der Waals surface area contributed by atoms with Crippen molar-refractivity contribution in [3.8, 4) is 0 Å². The maximum Gasteiger partial charge on any atom is 0.338 e. The van der Waals surface area contributed by atoms with Gasteiger partial charge in [-0.15, -0.1) is 0 Å². The Hall–Kier alpha value is -1.65. The zero-order valence-corrected chi connectivity index (χ0v) is 18.4. The van der Waals surface area contributed by atoms with Gasteiger partial charge in [-0.2, -0.15) is 0 Å². The third kappa shape index (κ3) is 4.18. The van der Waals surface area contributed by atoms with Crippen LogP contribution < -0.4 is 17.0 Å². The summed E-state index contributed by atoms with van der Waals surface area (Å²) in [5, 5.41) is 0. The number of ether oxygens (including phenoxy) is 1. The maximum absolute atomic E-state index is 12.4. The zero-order valence-electron chi connectivity index (χ0n) is 16.8. The number of hydrogen-bond acceptors (Lipinski definition) is 2. The Morgan fingerprint density at radius 3 is 2.11 bits per heavy atom. The molecular formula is C24H30BrNO2. The fourth-order valence-corrected chi connectivity index (χ4v) is 5.12. The van der Waals surface area contributed by atoms with Crippen LogP contribution in [0.3, 0.4) is 0 Å². The van der Waals surface area contributed by atoms with Crippen LogP contribution in [0.25, 0.3) is 0 Å². The van der Waals surface area contributed by atoms with E-state index in [1.165, 1.54) is 24.0 Å². The van der Waals surface area contributed by atoms with Gasteiger partial charge >= 0.3 is 5.97 Å². The first-order chi connectivity index (χ1) is 13.1. The Kier molecular flexibility index (Phi) is 6.61. The number of carbonyl (C=O) groups is 1. The first-order valence-corrected chi connectivity index (χ1v) is 10.3. The lowest BCUT2D eigenvalue weighted by molar-refractivity contribution is -0.961. The Morgan fingerprint density at radius 1 is 0.964 bits per heavy atom. The lowest BCUT2D eigenvalue weighted by Crippen LogP contribution is -3.00. The van der Waals surface area contributed by atoms with Gasteiger partial charge in [0.15, 0.2) is 0 Å². The molecule has 0 radical (unpaired) electrons. The third-order valence-electron chi connectivity index (χ3n) is 6.81. The van der Waals surface area contributed by atoms with E-state index in [0.29, 0.717) is 17.6 Å². The molecule has 150 valence electrons. The van der Waals surface area contributed by atoms with E-state index in [-0.39, 0.29) is 29.1 Å². The molecule has 2 aromatic carbocycles. The van der Waals surface area contributed by atoms with Crippen LogP contribution in [-0.4, -0.2) is 35.7 Å². The number of halogens is 1. The normalized spacial score (nSPS) is 28.4. The molecule has 0 aliphatic carbocycles. The van der Waals surface area contributed by atoms with Gasteiger partial charge in [0.1, 0.15) is 12.6 Å². The molecule has 3 nitrogen and oxygen atoms in total. The quantitative estimate of drug-likeness (QED) is 0.519. The summed E-state index contributed by atoms with van der Waals surface area (Å²) >= 11 is 0. The number of aryl methyl sites for hydroxylation is 1. The first kappa shape index (κ1) is 21.1. The molecule has 0 amide bonds. The van der Waals surface area contributed by atoms with E-state index in [9.17, 15) is 4.79 Å². The van der Waals surface area contributed by atoms with E-state index in [1.807, 2.05) is 30.3 Å². The fraction of sp³-hybridized carbons (Fsp3) is 0.458. The van der Waals surface area contributed by atoms with Gasteiger partial charge in [-0.25, -0.2) is 4.79 Å². The smallest absolute Gasteiger partial charge is 0.338 e. The maximum atomic E-state index is 12.4. The summed E-state index contributed by atoms with van der Waals surface area (Å²) in [5.41, 5.74) is 3.48. The number of benzene rings is 2. The van der Waals surface area contributed by atoms with Crippen molar-refractivity contribution < 1.29 is 31.0 Å². The summed E-state index contributed by atoms with van der Waals surface area (Å²) in [6.07, 6.45) is 5.61. The number of rotatable bonds is 5. The van der Waals surface area contributed by atoms with Gasteiger partial charge in [0.25, 0.3) is 0 Å². The van der Waals surface area contributed by atoms with Crippen LogP contribution in [0.2, 0.25) is 0 Å². The number of hydrogen-bond donors (Lipinski definition) is 0. The van der Waals surface area contributed by atoms with Gasteiger partial charge in [0, 0.05) is 31.2 Å². The van der Waals surface area contributed by atoms with Gasteiger partial charge in [-0.1, -0.05) is 49.4 Å². The molecule has 0 spiro atoms. The molecule has 0 aromatic heterocycles. The molecule has 2 bridgehead atoms. The highest BCUT2D eigenvalue weighted by molar-refractivity contribution is 5.89. The molecule has 2 atom stereocenters. The van der Waals surface area contributed by atoms with Gasteiger partial charge in [-0.05, 0) is 24.1 Å². The van der Waals surface area contributed by atoms with E-state index in [4.69, 9.17) is 4.74 Å². The number of quaternary nitrogens is 1. The van der Waals surface area contributed by atoms with Gasteiger partial charge < -0.3 is 26.2 Å². The molecule has 4 heteroatoms. The lowest BCUT2D eigenvalue weighted by atomic mass is 9.95. The highest BCUT2D eigenvalue weighted by Crippen LogP contribution is 2.43. The Balaban J connectivity index is 0.00000225. The van der Waals surface area contributed by atoms with E-state index >= 15 is 0 Å². The van der Waals surface area contributed by atoms with Crippen LogP contribution in [0, 0.1) is 0 Å². The molecule has 28 heavy (non-hydrogen) atoms. The lowest BCUT2D eigenvalue weighted by Gasteiger charge is -2.47. The topological polar surface area (TPSA) is 26.3 Å². The van der Waals surface area contributed by atoms with E-state index in [2.05, 4.69) is 38.2 Å². The number of carbonyl (C=O) groups excluding carboxylic acids is 1. The summed E-state index contributed by atoms with van der Waals surface area (Å²) < 4.78 is 6.99. The number of fused-ring (bicyclic) bond motifs is 2. The molecule has 2 aliphatic rings. The molecule has 2 aromatic rings. The van der Waals surface area contributed by atoms with Crippen molar-refractivity contribution in [2.24, 2.45) is 0 Å². The van der Waals surface area contributed by atoms with E-state index in [0.717, 1.165) is 30.3 Å². The van der Waals surface area contributed by atoms with Gasteiger partial charge in [0.2, 0.25) is 0 Å². The first-order valence-electron chi connectivity index (χ1n) is 10.3. The predicted octanol–water partition coefficient (Wildman–Crippen LogP) is 1.75. The molecule has 0 saturated carbocycles. The summed E-state index contributed by atoms with van der Waals surface area (Å²) in [6.45, 7) is 3.28. The van der Waals surface area contributed by atoms with Crippen LogP contribution >= 0.6 is 0 Å². The molecule has 2 aliphatic heterocycles. The largest absolute Gasteiger partial charge is 1.00 e. The Bertz CT molecular complexity index is 776. The minimum Gasteiger partial charge on any atom is -1.00 e. The Morgan fingerprint density at radius 2 is 1.54 bits per heavy atom. The number of nitrogens with zero attached hydrogens (tertiary/aromatic N) is 1. The molecule has 2 unspecified atom stereocenters. The molecular weight excluding hydrogens is 414 g/mol. The van der Waals surface area contributed by atoms with Gasteiger partial charge in [-0.3, -0.25) is 0 Å². The minimum atomic E-state index is -0.175. The Labute approximate surface area is 179 Å². The standard InChI is InChI=1S/C24H30NO2.BrH/c1-3-18-9-11-19(12-10-18)17-25(2)21-13-14-22(25)16-23(15-21)27-24(26)20-7-5-4-6-8-20;/h4-12,21-23H,3,13-17H2,1-2H3;1H/q+1;/p-1.